The molecule has 1 aliphatic carbocycles. The van der Waals surface area contributed by atoms with Gasteiger partial charge in [0.05, 0.1) is 13.2 Å². The maximum atomic E-state index is 12.5. The van der Waals surface area contributed by atoms with Crippen LogP contribution in [-0.4, -0.2) is 25.0 Å². The highest BCUT2D eigenvalue weighted by molar-refractivity contribution is 6.01. The summed E-state index contributed by atoms with van der Waals surface area (Å²) in [4.78, 5) is 24.1. The van der Waals surface area contributed by atoms with Crippen molar-refractivity contribution in [2.24, 2.45) is 0 Å². The Bertz CT molecular complexity index is 587. The van der Waals surface area contributed by atoms with Gasteiger partial charge in [-0.1, -0.05) is 38.3 Å². The van der Waals surface area contributed by atoms with E-state index in [0.717, 1.165) is 37.8 Å². The largest absolute Gasteiger partial charge is 0.466 e. The first-order chi connectivity index (χ1) is 11.6. The Labute approximate surface area is 143 Å². The number of benzene rings is 1. The molecule has 1 fully saturated rings. The Morgan fingerprint density at radius 2 is 1.83 bits per heavy atom. The van der Waals surface area contributed by atoms with Crippen LogP contribution in [0.15, 0.2) is 36.0 Å². The lowest BCUT2D eigenvalue weighted by molar-refractivity contribution is -0.135. The van der Waals surface area contributed by atoms with Crippen molar-refractivity contribution in [3.05, 3.63) is 41.6 Å². The molecule has 0 bridgehead atoms. The molecule has 1 aliphatic rings. The molecule has 0 radical (unpaired) electrons. The minimum Gasteiger partial charge on any atom is -0.466 e. The molecule has 1 aromatic rings. The number of carbonyl (C=O) groups is 2. The van der Waals surface area contributed by atoms with Crippen LogP contribution in [0, 0.1) is 0 Å². The molecule has 0 aliphatic heterocycles. The summed E-state index contributed by atoms with van der Waals surface area (Å²) in [6.07, 6.45) is 7.61. The third-order valence-electron chi connectivity index (χ3n) is 4.29. The zero-order valence-corrected chi connectivity index (χ0v) is 14.4. The second-order valence-corrected chi connectivity index (χ2v) is 6.07. The van der Waals surface area contributed by atoms with E-state index in [1.165, 1.54) is 25.2 Å². The Balaban J connectivity index is 2.09. The number of hydrogen-bond donors (Lipinski definition) is 2. The van der Waals surface area contributed by atoms with E-state index in [9.17, 15) is 9.59 Å². The number of amides is 1. The fourth-order valence-corrected chi connectivity index (χ4v) is 2.82. The third kappa shape index (κ3) is 5.41. The summed E-state index contributed by atoms with van der Waals surface area (Å²) in [5.74, 6) is -0.826. The van der Waals surface area contributed by atoms with Gasteiger partial charge in [-0.15, -0.1) is 0 Å². The van der Waals surface area contributed by atoms with Crippen LogP contribution in [0.3, 0.4) is 0 Å². The number of esters is 1. The normalized spacial score (nSPS) is 15.7. The van der Waals surface area contributed by atoms with E-state index < -0.39 is 5.97 Å². The molecule has 2 N–H and O–H groups in total. The molecule has 24 heavy (non-hydrogen) atoms. The Kier molecular flexibility index (Phi) is 6.85. The lowest BCUT2D eigenvalue weighted by Crippen LogP contribution is -2.38. The fourth-order valence-electron chi connectivity index (χ4n) is 2.82. The summed E-state index contributed by atoms with van der Waals surface area (Å²) >= 11 is 0. The van der Waals surface area contributed by atoms with Crippen molar-refractivity contribution < 1.29 is 14.3 Å². The molecule has 0 atom stereocenters. The summed E-state index contributed by atoms with van der Waals surface area (Å²) < 4.78 is 4.66. The molecule has 1 amide bonds. The van der Waals surface area contributed by atoms with Gasteiger partial charge in [-0.05, 0) is 37.0 Å². The topological polar surface area (TPSA) is 67.4 Å². The number of anilines is 1. The van der Waals surface area contributed by atoms with E-state index in [4.69, 9.17) is 0 Å². The minimum absolute atomic E-state index is 0.177. The van der Waals surface area contributed by atoms with Crippen LogP contribution < -0.4 is 10.6 Å². The highest BCUT2D eigenvalue weighted by Crippen LogP contribution is 2.18. The van der Waals surface area contributed by atoms with Gasteiger partial charge < -0.3 is 15.4 Å². The molecular formula is C19H26N2O3. The van der Waals surface area contributed by atoms with Crippen LogP contribution in [0.2, 0.25) is 0 Å². The van der Waals surface area contributed by atoms with Crippen LogP contribution in [0.4, 0.5) is 5.69 Å². The van der Waals surface area contributed by atoms with Crippen LogP contribution in [0.25, 0.3) is 0 Å². The first-order valence-electron chi connectivity index (χ1n) is 8.59. The summed E-state index contributed by atoms with van der Waals surface area (Å²) in [5, 5.41) is 6.05. The van der Waals surface area contributed by atoms with Crippen LogP contribution in [0.1, 0.15) is 44.6 Å². The van der Waals surface area contributed by atoms with Crippen molar-refractivity contribution >= 4 is 17.6 Å². The summed E-state index contributed by atoms with van der Waals surface area (Å²) in [7, 11) is 1.30. The predicted molar refractivity (Wildman–Crippen MR) is 94.6 cm³/mol. The Hall–Kier alpha value is -2.30. The first-order valence-corrected chi connectivity index (χ1v) is 8.59. The molecule has 130 valence electrons. The highest BCUT2D eigenvalue weighted by Gasteiger charge is 2.19. The van der Waals surface area contributed by atoms with Gasteiger partial charge >= 0.3 is 5.97 Å². The quantitative estimate of drug-likeness (QED) is 0.621. The van der Waals surface area contributed by atoms with Gasteiger partial charge in [-0.3, -0.25) is 4.79 Å². The van der Waals surface area contributed by atoms with Crippen LogP contribution >= 0.6 is 0 Å². The molecule has 0 spiro atoms. The zero-order chi connectivity index (χ0) is 17.4. The molecule has 1 aromatic carbocycles. The van der Waals surface area contributed by atoms with Crippen molar-refractivity contribution in [1.29, 1.82) is 0 Å². The average Bonchev–Trinajstić information content (AvgIpc) is 2.62. The summed E-state index contributed by atoms with van der Waals surface area (Å²) in [6.45, 7) is 2.09. The van der Waals surface area contributed by atoms with Crippen molar-refractivity contribution in [2.45, 2.75) is 51.5 Å². The monoisotopic (exact) mass is 330 g/mol. The lowest BCUT2D eigenvalue weighted by atomic mass is 9.95. The third-order valence-corrected chi connectivity index (χ3v) is 4.29. The molecule has 5 heteroatoms. The molecule has 1 saturated carbocycles. The number of ether oxygens (including phenoxy) is 1. The van der Waals surface area contributed by atoms with Gasteiger partial charge in [-0.25, -0.2) is 4.79 Å². The van der Waals surface area contributed by atoms with Gasteiger partial charge in [0.25, 0.3) is 5.91 Å². The second kappa shape index (κ2) is 9.11. The zero-order valence-electron chi connectivity index (χ0n) is 14.4. The molecule has 0 aromatic heterocycles. The number of carbonyl (C=O) groups excluding carboxylic acids is 2. The first kappa shape index (κ1) is 18.0. The van der Waals surface area contributed by atoms with Crippen molar-refractivity contribution in [2.75, 3.05) is 12.4 Å². The summed E-state index contributed by atoms with van der Waals surface area (Å²) in [5.41, 5.74) is 2.18. The van der Waals surface area contributed by atoms with Crippen LogP contribution in [0.5, 0.6) is 0 Å². The molecule has 0 heterocycles. The SMILES string of the molecule is CCc1ccc(N/C(=C\C(=O)OC)C(=O)NC2CCCCC2)cc1. The van der Waals surface area contributed by atoms with Crippen LogP contribution in [-0.2, 0) is 20.7 Å². The van der Waals surface area contributed by atoms with E-state index in [-0.39, 0.29) is 17.6 Å². The Morgan fingerprint density at radius 1 is 1.17 bits per heavy atom. The summed E-state index contributed by atoms with van der Waals surface area (Å²) in [6, 6.07) is 7.97. The van der Waals surface area contributed by atoms with Crippen molar-refractivity contribution in [3.63, 3.8) is 0 Å². The molecule has 5 nitrogen and oxygen atoms in total. The second-order valence-electron chi connectivity index (χ2n) is 6.07. The van der Waals surface area contributed by atoms with Crippen molar-refractivity contribution in [1.82, 2.24) is 5.32 Å². The molecule has 0 unspecified atom stereocenters. The van der Waals surface area contributed by atoms with E-state index in [0.29, 0.717) is 0 Å². The van der Waals surface area contributed by atoms with E-state index >= 15 is 0 Å². The fraction of sp³-hybridized carbons (Fsp3) is 0.474. The maximum absolute atomic E-state index is 12.5. The minimum atomic E-state index is -0.554. The Morgan fingerprint density at radius 3 is 2.42 bits per heavy atom. The number of aryl methyl sites for hydroxylation is 1. The van der Waals surface area contributed by atoms with E-state index in [1.54, 1.807) is 0 Å². The standard InChI is InChI=1S/C19H26N2O3/c1-3-14-9-11-16(12-10-14)20-17(13-18(22)24-2)19(23)21-15-7-5-4-6-8-15/h9-13,15,20H,3-8H2,1-2H3,(H,21,23)/b17-13-. The predicted octanol–water partition coefficient (Wildman–Crippen LogP) is 3.17. The molecular weight excluding hydrogens is 304 g/mol. The van der Waals surface area contributed by atoms with Gasteiger partial charge in [0.15, 0.2) is 0 Å². The van der Waals surface area contributed by atoms with Gasteiger partial charge in [0.1, 0.15) is 5.70 Å². The van der Waals surface area contributed by atoms with Gasteiger partial charge in [0, 0.05) is 11.7 Å². The van der Waals surface area contributed by atoms with E-state index in [2.05, 4.69) is 22.3 Å². The maximum Gasteiger partial charge on any atom is 0.332 e. The lowest BCUT2D eigenvalue weighted by Gasteiger charge is -2.23. The number of rotatable bonds is 6. The molecule has 2 rings (SSSR count). The number of nitrogens with one attached hydrogen (secondary N) is 2. The highest BCUT2D eigenvalue weighted by atomic mass is 16.5. The van der Waals surface area contributed by atoms with Gasteiger partial charge in [-0.2, -0.15) is 0 Å². The number of hydrogen-bond acceptors (Lipinski definition) is 4. The van der Waals surface area contributed by atoms with Crippen molar-refractivity contribution in [3.8, 4) is 0 Å². The van der Waals surface area contributed by atoms with E-state index in [1.807, 2.05) is 24.3 Å². The average molecular weight is 330 g/mol. The number of methoxy groups -OCH3 is 1. The molecule has 0 saturated heterocycles. The van der Waals surface area contributed by atoms with Gasteiger partial charge in [0.2, 0.25) is 0 Å². The smallest absolute Gasteiger partial charge is 0.332 e.